The fraction of sp³-hybridized carbons (Fsp3) is 0.262. The number of amides is 2. The van der Waals surface area contributed by atoms with Crippen molar-refractivity contribution in [2.45, 2.75) is 55.0 Å². The second-order valence-corrected chi connectivity index (χ2v) is 24.9. The third kappa shape index (κ3) is 12.1. The number of halogens is 2. The molecule has 294 valence electrons. The molecule has 2 heterocycles. The summed E-state index contributed by atoms with van der Waals surface area (Å²) in [6.07, 6.45) is 4.10. The third-order valence-electron chi connectivity index (χ3n) is 8.91. The molecule has 1 saturated heterocycles. The van der Waals surface area contributed by atoms with Gasteiger partial charge in [-0.15, -0.1) is 0 Å². The molecule has 2 amide bonds. The first-order valence-corrected chi connectivity index (χ1v) is 24.8. The molecule has 0 aliphatic carbocycles. The zero-order valence-corrected chi connectivity index (χ0v) is 35.3. The summed E-state index contributed by atoms with van der Waals surface area (Å²) in [4.78, 5) is 31.2. The molecule has 0 radical (unpaired) electrons. The number of likely N-dealkylation sites (tertiary alicyclic amines) is 1. The molecule has 14 heteroatoms. The van der Waals surface area contributed by atoms with E-state index in [1.54, 1.807) is 67.3 Å². The molecular formula is C42H45AsCl2N4O6S. The number of nitrogens with one attached hydrogen (secondary N) is 2. The Bertz CT molecular complexity index is 2190. The zero-order chi connectivity index (χ0) is 40.3. The van der Waals surface area contributed by atoms with Gasteiger partial charge in [0.2, 0.25) is 0 Å². The van der Waals surface area contributed by atoms with Crippen molar-refractivity contribution in [2.24, 2.45) is 0 Å². The number of nitrogens with zero attached hydrogens (tertiary/aromatic N) is 2. The summed E-state index contributed by atoms with van der Waals surface area (Å²) in [5.41, 5.74) is 3.07. The van der Waals surface area contributed by atoms with E-state index in [9.17, 15) is 28.2 Å². The van der Waals surface area contributed by atoms with Gasteiger partial charge < -0.3 is 15.3 Å². The molecule has 0 saturated carbocycles. The number of carbonyl (C=O) groups excluding carboxylic acids is 2. The van der Waals surface area contributed by atoms with Crippen LogP contribution >= 0.6 is 23.2 Å². The van der Waals surface area contributed by atoms with Crippen LogP contribution in [0, 0.1) is 0 Å². The number of β-amino-alcohol motifs (C(OH)–C–C–N with tert-alkyl or cyclic N) is 1. The first-order valence-electron chi connectivity index (χ1n) is 18.0. The molecule has 4 aromatic carbocycles. The van der Waals surface area contributed by atoms with Gasteiger partial charge in [0.15, 0.2) is 0 Å². The molecule has 5 aromatic rings. The fourth-order valence-corrected chi connectivity index (χ4v) is 16.3. The molecule has 1 fully saturated rings. The van der Waals surface area contributed by atoms with Gasteiger partial charge in [-0.05, 0) is 48.7 Å². The van der Waals surface area contributed by atoms with Crippen molar-refractivity contribution in [3.8, 4) is 0 Å². The Balaban J connectivity index is 0.000000223. The average Bonchev–Trinajstić information content (AvgIpc) is 3.20. The number of carbonyl (C=O) groups is 2. The van der Waals surface area contributed by atoms with Gasteiger partial charge in [-0.2, -0.15) is 0 Å². The zero-order valence-electron chi connectivity index (χ0n) is 31.1. The molecule has 1 aliphatic rings. The van der Waals surface area contributed by atoms with Crippen LogP contribution in [-0.2, 0) is 19.9 Å². The van der Waals surface area contributed by atoms with Crippen LogP contribution in [0.1, 0.15) is 58.5 Å². The summed E-state index contributed by atoms with van der Waals surface area (Å²) in [5.74, 6) is -0.394. The van der Waals surface area contributed by atoms with Gasteiger partial charge in [-0.1, -0.05) is 29.8 Å². The van der Waals surface area contributed by atoms with Crippen molar-refractivity contribution < 1.29 is 28.2 Å². The van der Waals surface area contributed by atoms with E-state index in [1.807, 2.05) is 60.7 Å². The molecule has 10 nitrogen and oxygen atoms in total. The number of aromatic nitrogens is 1. The topological polar surface area (TPSA) is 149 Å². The Labute approximate surface area is 342 Å². The Morgan fingerprint density at radius 1 is 0.893 bits per heavy atom. The number of pyridine rings is 1. The van der Waals surface area contributed by atoms with E-state index >= 15 is 0 Å². The molecule has 0 bridgehead atoms. The van der Waals surface area contributed by atoms with Gasteiger partial charge in [0.1, 0.15) is 0 Å². The van der Waals surface area contributed by atoms with Crippen LogP contribution in [0.3, 0.4) is 0 Å². The van der Waals surface area contributed by atoms with Crippen molar-refractivity contribution in [3.63, 3.8) is 0 Å². The standard InChI is InChI=1S/C23H24AsClN2O4S.C19H21ClN2O2/c1-23(2,16-28)27-22(29)18-5-3-6-19(13-18)24(14-17-8-10-20(25)11-9-17)32(30,31)21-7-4-12-26-15-21;20-16-8-6-14(7-9-16)12-21-17-4-1-3-15(11-17)19(24)22-10-2-5-18(23)13-22/h3-13,15,28H,14,16H2,1-2H3,(H,27,29);1,3-4,6-9,11,18,21,23H,2,5,10,12-13H2. The molecule has 2 unspecified atom stereocenters. The van der Waals surface area contributed by atoms with E-state index in [2.05, 4.69) is 15.6 Å². The first-order chi connectivity index (χ1) is 26.7. The number of hydrogen-bond donors (Lipinski definition) is 4. The van der Waals surface area contributed by atoms with Crippen LogP contribution in [-0.4, -0.2) is 85.2 Å². The fourth-order valence-electron chi connectivity index (χ4n) is 5.81. The Morgan fingerprint density at radius 2 is 1.55 bits per heavy atom. The van der Waals surface area contributed by atoms with E-state index in [0.717, 1.165) is 34.7 Å². The van der Waals surface area contributed by atoms with E-state index in [-0.39, 0.29) is 23.3 Å². The number of benzene rings is 4. The van der Waals surface area contributed by atoms with E-state index in [0.29, 0.717) is 45.3 Å². The second-order valence-electron chi connectivity index (χ2n) is 14.0. The summed E-state index contributed by atoms with van der Waals surface area (Å²) in [5, 5.41) is 26.9. The van der Waals surface area contributed by atoms with Crippen LogP contribution in [0.2, 0.25) is 10.0 Å². The van der Waals surface area contributed by atoms with Crippen molar-refractivity contribution in [3.05, 3.63) is 154 Å². The first kappa shape index (κ1) is 42.9. The van der Waals surface area contributed by atoms with Gasteiger partial charge >= 0.3 is 197 Å². The Morgan fingerprint density at radius 3 is 2.20 bits per heavy atom. The largest absolute Gasteiger partial charge is 0.391 e. The third-order valence-corrected chi connectivity index (χ3v) is 20.7. The van der Waals surface area contributed by atoms with Crippen molar-refractivity contribution in [2.75, 3.05) is 25.0 Å². The minimum absolute atomic E-state index is 0.0242. The summed E-state index contributed by atoms with van der Waals surface area (Å²) in [6, 6.07) is 32.2. The molecule has 4 N–H and O–H groups in total. The van der Waals surface area contributed by atoms with Crippen LogP contribution in [0.25, 0.3) is 0 Å². The maximum absolute atomic E-state index is 13.6. The summed E-state index contributed by atoms with van der Waals surface area (Å²) in [7, 11) is -3.67. The SMILES string of the molecule is CC(C)(CO)NC(=O)c1cccc([As](Cc2ccc(Cl)cc2)S(=O)(=O)c2cccnc2)c1.O=C(c1cccc(NCc2ccc(Cl)cc2)c1)N1CCCC(O)C1. The molecule has 6 rings (SSSR count). The second kappa shape index (κ2) is 19.8. The van der Waals surface area contributed by atoms with Crippen molar-refractivity contribution >= 4 is 66.6 Å². The Hall–Kier alpha value is -4.22. The Kier molecular flexibility index (Phi) is 15.1. The number of aliphatic hydroxyl groups excluding tert-OH is 2. The molecule has 1 aromatic heterocycles. The van der Waals surface area contributed by atoms with Crippen molar-refractivity contribution in [1.29, 1.82) is 0 Å². The van der Waals surface area contributed by atoms with Crippen LogP contribution in [0.4, 0.5) is 5.69 Å². The van der Waals surface area contributed by atoms with Gasteiger partial charge in [0.25, 0.3) is 5.91 Å². The van der Waals surface area contributed by atoms with Gasteiger partial charge in [-0.3, -0.25) is 4.79 Å². The summed E-state index contributed by atoms with van der Waals surface area (Å²) < 4.78 is 27.9. The van der Waals surface area contributed by atoms with Crippen molar-refractivity contribution in [1.82, 2.24) is 15.2 Å². The molecular weight excluding hydrogens is 834 g/mol. The predicted octanol–water partition coefficient (Wildman–Crippen LogP) is 6.24. The number of rotatable bonds is 12. The summed E-state index contributed by atoms with van der Waals surface area (Å²) >= 11 is 9.05. The quantitative estimate of drug-likeness (QED) is 0.108. The number of aliphatic hydroxyl groups is 2. The van der Waals surface area contributed by atoms with Crippen LogP contribution in [0.15, 0.2) is 126 Å². The van der Waals surface area contributed by atoms with Crippen LogP contribution < -0.4 is 15.0 Å². The average molecular weight is 880 g/mol. The monoisotopic (exact) mass is 878 g/mol. The molecule has 0 spiro atoms. The normalized spacial score (nSPS) is 14.9. The van der Waals surface area contributed by atoms with E-state index in [4.69, 9.17) is 23.2 Å². The number of hydrogen-bond acceptors (Lipinski definition) is 8. The molecule has 2 atom stereocenters. The maximum Gasteiger partial charge on any atom is 0.254 e. The van der Waals surface area contributed by atoms with Crippen LogP contribution in [0.5, 0.6) is 0 Å². The van der Waals surface area contributed by atoms with Gasteiger partial charge in [0, 0.05) is 35.9 Å². The predicted molar refractivity (Wildman–Crippen MR) is 223 cm³/mol. The van der Waals surface area contributed by atoms with E-state index < -0.39 is 33.2 Å². The smallest absolute Gasteiger partial charge is 0.254 e. The van der Waals surface area contributed by atoms with E-state index in [1.165, 1.54) is 12.4 Å². The minimum Gasteiger partial charge on any atom is -0.391 e. The minimum atomic E-state index is -3.67. The molecule has 1 aliphatic heterocycles. The number of piperidine rings is 1. The maximum atomic E-state index is 13.6. The van der Waals surface area contributed by atoms with Gasteiger partial charge in [0.05, 0.1) is 6.10 Å². The van der Waals surface area contributed by atoms with Gasteiger partial charge in [-0.25, -0.2) is 0 Å². The molecule has 56 heavy (non-hydrogen) atoms. The number of anilines is 1. The summed E-state index contributed by atoms with van der Waals surface area (Å²) in [6.45, 7) is 4.99.